The van der Waals surface area contributed by atoms with E-state index in [1.165, 1.54) is 0 Å². The van der Waals surface area contributed by atoms with Gasteiger partial charge in [0, 0.05) is 24.0 Å². The molecule has 0 amide bonds. The summed E-state index contributed by atoms with van der Waals surface area (Å²) in [7, 11) is 0. The van der Waals surface area contributed by atoms with Gasteiger partial charge in [0.05, 0.1) is 12.2 Å². The summed E-state index contributed by atoms with van der Waals surface area (Å²) in [5.41, 5.74) is 1.01. The van der Waals surface area contributed by atoms with Crippen LogP contribution >= 0.6 is 11.6 Å². The number of halogens is 1. The van der Waals surface area contributed by atoms with Crippen LogP contribution in [0.3, 0.4) is 0 Å². The van der Waals surface area contributed by atoms with Crippen LogP contribution in [0.15, 0.2) is 24.3 Å². The van der Waals surface area contributed by atoms with Gasteiger partial charge in [-0.05, 0) is 25.0 Å². The summed E-state index contributed by atoms with van der Waals surface area (Å²) in [5.74, 6) is 0.233. The molecule has 0 aromatic heterocycles. The Hall–Kier alpha value is -0.570. The Balaban J connectivity index is 2.02. The van der Waals surface area contributed by atoms with Crippen molar-refractivity contribution >= 4 is 11.6 Å². The van der Waals surface area contributed by atoms with Crippen LogP contribution in [-0.4, -0.2) is 23.9 Å². The van der Waals surface area contributed by atoms with Crippen molar-refractivity contribution in [2.24, 2.45) is 5.92 Å². The van der Waals surface area contributed by atoms with E-state index in [4.69, 9.17) is 16.3 Å². The maximum atomic E-state index is 10.2. The largest absolute Gasteiger partial charge is 0.392 e. The summed E-state index contributed by atoms with van der Waals surface area (Å²) in [6, 6.07) is 7.67. The van der Waals surface area contributed by atoms with Crippen molar-refractivity contribution in [2.75, 3.05) is 6.61 Å². The fourth-order valence-corrected chi connectivity index (χ4v) is 2.51. The molecule has 0 spiro atoms. The minimum Gasteiger partial charge on any atom is -0.392 e. The van der Waals surface area contributed by atoms with Crippen LogP contribution in [0.5, 0.6) is 0 Å². The van der Waals surface area contributed by atoms with Crippen molar-refractivity contribution in [3.8, 4) is 0 Å². The van der Waals surface area contributed by atoms with Gasteiger partial charge < -0.3 is 9.84 Å². The maximum absolute atomic E-state index is 10.2. The SMILES string of the molecule is CC1OCCC1C(O)Cc1ccccc1Cl. The molecular weight excluding hydrogens is 224 g/mol. The molecule has 1 aromatic rings. The molecule has 0 saturated carbocycles. The third-order valence-electron chi connectivity index (χ3n) is 3.32. The Bertz CT molecular complexity index is 354. The van der Waals surface area contributed by atoms with E-state index in [0.29, 0.717) is 6.42 Å². The predicted molar refractivity (Wildman–Crippen MR) is 64.7 cm³/mol. The lowest BCUT2D eigenvalue weighted by Gasteiger charge is -2.21. The molecule has 1 aliphatic heterocycles. The maximum Gasteiger partial charge on any atom is 0.0634 e. The second-order valence-electron chi connectivity index (χ2n) is 4.39. The van der Waals surface area contributed by atoms with E-state index in [-0.39, 0.29) is 18.1 Å². The first kappa shape index (κ1) is 11.9. The van der Waals surface area contributed by atoms with Gasteiger partial charge in [0.1, 0.15) is 0 Å². The highest BCUT2D eigenvalue weighted by molar-refractivity contribution is 6.31. The average Bonchev–Trinajstić information content (AvgIpc) is 2.68. The molecule has 88 valence electrons. The Morgan fingerprint density at radius 1 is 1.50 bits per heavy atom. The molecule has 16 heavy (non-hydrogen) atoms. The smallest absolute Gasteiger partial charge is 0.0634 e. The van der Waals surface area contributed by atoms with Crippen LogP contribution in [0.25, 0.3) is 0 Å². The molecule has 0 radical (unpaired) electrons. The van der Waals surface area contributed by atoms with Crippen molar-refractivity contribution in [1.82, 2.24) is 0 Å². The third-order valence-corrected chi connectivity index (χ3v) is 3.68. The summed E-state index contributed by atoms with van der Waals surface area (Å²) >= 11 is 6.07. The molecule has 1 aromatic carbocycles. The number of ether oxygens (including phenoxy) is 1. The van der Waals surface area contributed by atoms with Crippen molar-refractivity contribution < 1.29 is 9.84 Å². The van der Waals surface area contributed by atoms with Crippen LogP contribution in [0, 0.1) is 5.92 Å². The van der Waals surface area contributed by atoms with Crippen molar-refractivity contribution in [3.05, 3.63) is 34.9 Å². The zero-order valence-electron chi connectivity index (χ0n) is 9.40. The lowest BCUT2D eigenvalue weighted by molar-refractivity contribution is 0.0441. The summed E-state index contributed by atoms with van der Waals surface area (Å²) in [4.78, 5) is 0. The topological polar surface area (TPSA) is 29.5 Å². The van der Waals surface area contributed by atoms with E-state index in [1.807, 2.05) is 31.2 Å². The van der Waals surface area contributed by atoms with Gasteiger partial charge >= 0.3 is 0 Å². The molecule has 1 heterocycles. The summed E-state index contributed by atoms with van der Waals surface area (Å²) in [5, 5.41) is 10.9. The highest BCUT2D eigenvalue weighted by Crippen LogP contribution is 2.27. The van der Waals surface area contributed by atoms with Crippen LogP contribution in [0.2, 0.25) is 5.02 Å². The van der Waals surface area contributed by atoms with Gasteiger partial charge in [-0.15, -0.1) is 0 Å². The first-order valence-corrected chi connectivity index (χ1v) is 6.09. The molecule has 1 saturated heterocycles. The summed E-state index contributed by atoms with van der Waals surface area (Å²) in [6.45, 7) is 2.78. The van der Waals surface area contributed by atoms with Gasteiger partial charge in [0.25, 0.3) is 0 Å². The summed E-state index contributed by atoms with van der Waals surface area (Å²) < 4.78 is 5.46. The molecule has 1 aliphatic rings. The normalized spacial score (nSPS) is 26.9. The minimum atomic E-state index is -0.364. The van der Waals surface area contributed by atoms with E-state index in [0.717, 1.165) is 23.6 Å². The summed E-state index contributed by atoms with van der Waals surface area (Å²) in [6.07, 6.45) is 1.33. The molecule has 2 rings (SSSR count). The zero-order chi connectivity index (χ0) is 11.5. The van der Waals surface area contributed by atoms with E-state index in [2.05, 4.69) is 0 Å². The van der Waals surface area contributed by atoms with Crippen LogP contribution in [0.1, 0.15) is 18.9 Å². The Kier molecular flexibility index (Phi) is 3.85. The average molecular weight is 241 g/mol. The van der Waals surface area contributed by atoms with Gasteiger partial charge in [-0.2, -0.15) is 0 Å². The lowest BCUT2D eigenvalue weighted by Crippen LogP contribution is -2.28. The monoisotopic (exact) mass is 240 g/mol. The highest BCUT2D eigenvalue weighted by Gasteiger charge is 2.30. The van der Waals surface area contributed by atoms with E-state index in [9.17, 15) is 5.11 Å². The fourth-order valence-electron chi connectivity index (χ4n) is 2.29. The van der Waals surface area contributed by atoms with Crippen molar-refractivity contribution in [2.45, 2.75) is 32.0 Å². The number of aliphatic hydroxyl groups excluding tert-OH is 1. The number of rotatable bonds is 3. The zero-order valence-corrected chi connectivity index (χ0v) is 10.2. The molecule has 1 fully saturated rings. The first-order valence-electron chi connectivity index (χ1n) is 5.71. The molecule has 3 heteroatoms. The van der Waals surface area contributed by atoms with Gasteiger partial charge in [-0.25, -0.2) is 0 Å². The molecule has 3 atom stereocenters. The standard InChI is InChI=1S/C13H17ClO2/c1-9-11(6-7-16-9)13(15)8-10-4-2-3-5-12(10)14/h2-5,9,11,13,15H,6-8H2,1H3. The van der Waals surface area contributed by atoms with E-state index < -0.39 is 0 Å². The first-order chi connectivity index (χ1) is 7.68. The van der Waals surface area contributed by atoms with Gasteiger partial charge in [0.15, 0.2) is 0 Å². The number of hydrogen-bond acceptors (Lipinski definition) is 2. The number of aliphatic hydroxyl groups is 1. The van der Waals surface area contributed by atoms with Crippen LogP contribution in [-0.2, 0) is 11.2 Å². The Morgan fingerprint density at radius 3 is 2.88 bits per heavy atom. The van der Waals surface area contributed by atoms with Crippen molar-refractivity contribution in [3.63, 3.8) is 0 Å². The van der Waals surface area contributed by atoms with E-state index >= 15 is 0 Å². The Morgan fingerprint density at radius 2 is 2.25 bits per heavy atom. The van der Waals surface area contributed by atoms with Gasteiger partial charge in [0.2, 0.25) is 0 Å². The van der Waals surface area contributed by atoms with Gasteiger partial charge in [-0.1, -0.05) is 29.8 Å². The third kappa shape index (κ3) is 2.57. The van der Waals surface area contributed by atoms with E-state index in [1.54, 1.807) is 0 Å². The lowest BCUT2D eigenvalue weighted by atomic mass is 9.91. The van der Waals surface area contributed by atoms with Gasteiger partial charge in [-0.3, -0.25) is 0 Å². The highest BCUT2D eigenvalue weighted by atomic mass is 35.5. The molecule has 0 bridgehead atoms. The molecule has 0 aliphatic carbocycles. The number of hydrogen-bond donors (Lipinski definition) is 1. The predicted octanol–water partition coefficient (Wildman–Crippen LogP) is 2.67. The second-order valence-corrected chi connectivity index (χ2v) is 4.80. The molecule has 3 unspecified atom stereocenters. The quantitative estimate of drug-likeness (QED) is 0.880. The van der Waals surface area contributed by atoms with Crippen LogP contribution < -0.4 is 0 Å². The fraction of sp³-hybridized carbons (Fsp3) is 0.538. The second kappa shape index (κ2) is 5.17. The molecule has 2 nitrogen and oxygen atoms in total. The molecular formula is C13H17ClO2. The Labute approximate surface area is 101 Å². The molecule has 1 N–H and O–H groups in total. The minimum absolute atomic E-state index is 0.150. The van der Waals surface area contributed by atoms with Crippen LogP contribution in [0.4, 0.5) is 0 Å². The number of benzene rings is 1. The van der Waals surface area contributed by atoms with Crippen molar-refractivity contribution in [1.29, 1.82) is 0 Å².